The number of hydrogen-bond acceptors (Lipinski definition) is 6. The van der Waals surface area contributed by atoms with Crippen LogP contribution in [0.5, 0.6) is 5.88 Å². The van der Waals surface area contributed by atoms with Crippen LogP contribution in [0.4, 0.5) is 0 Å². The number of aldehydes is 1. The van der Waals surface area contributed by atoms with Crippen molar-refractivity contribution < 1.29 is 14.6 Å². The Kier molecular flexibility index (Phi) is 5.37. The van der Waals surface area contributed by atoms with Crippen LogP contribution in [-0.4, -0.2) is 39.5 Å². The Morgan fingerprint density at radius 1 is 1.20 bits per heavy atom. The van der Waals surface area contributed by atoms with Crippen molar-refractivity contribution in [1.29, 1.82) is 0 Å². The van der Waals surface area contributed by atoms with E-state index in [-0.39, 0.29) is 5.82 Å². The number of carbonyl (C=O) groups excluding carboxylic acids is 1. The summed E-state index contributed by atoms with van der Waals surface area (Å²) in [5.74, 6) is 0.658. The molecule has 3 aromatic rings. The fourth-order valence-electron chi connectivity index (χ4n) is 2.48. The number of aliphatic hydroxyl groups excluding tert-OH is 1. The second-order valence-corrected chi connectivity index (χ2v) is 5.66. The standard InChI is InChI=1S/C18H20N4O3/c19-8-1-2-10-25-18-15-14(7-9-20-15)21-17(22-18)16(24)13-5-3-12(11-23)4-6-13/h3-7,9,11,16,20,24H,1-2,8,10,19H2. The summed E-state index contributed by atoms with van der Waals surface area (Å²) in [4.78, 5) is 22.6. The van der Waals surface area contributed by atoms with Gasteiger partial charge in [-0.05, 0) is 31.0 Å². The zero-order valence-electron chi connectivity index (χ0n) is 13.7. The predicted molar refractivity (Wildman–Crippen MR) is 93.6 cm³/mol. The van der Waals surface area contributed by atoms with Crippen LogP contribution >= 0.6 is 0 Å². The molecule has 0 amide bonds. The van der Waals surface area contributed by atoms with Gasteiger partial charge in [-0.15, -0.1) is 0 Å². The van der Waals surface area contributed by atoms with E-state index in [0.717, 1.165) is 19.1 Å². The van der Waals surface area contributed by atoms with Crippen molar-refractivity contribution in [2.75, 3.05) is 13.2 Å². The van der Waals surface area contributed by atoms with Crippen LogP contribution in [-0.2, 0) is 0 Å². The fourth-order valence-corrected chi connectivity index (χ4v) is 2.48. The lowest BCUT2D eigenvalue weighted by molar-refractivity contribution is 0.112. The Balaban J connectivity index is 1.88. The lowest BCUT2D eigenvalue weighted by Crippen LogP contribution is -2.09. The monoisotopic (exact) mass is 340 g/mol. The van der Waals surface area contributed by atoms with Gasteiger partial charge in [0.15, 0.2) is 5.82 Å². The summed E-state index contributed by atoms with van der Waals surface area (Å²) < 4.78 is 5.75. The van der Waals surface area contributed by atoms with Crippen molar-refractivity contribution >= 4 is 17.3 Å². The molecule has 0 aliphatic heterocycles. The first kappa shape index (κ1) is 17.1. The molecule has 3 rings (SSSR count). The largest absolute Gasteiger partial charge is 0.476 e. The summed E-state index contributed by atoms with van der Waals surface area (Å²) in [7, 11) is 0. The maximum Gasteiger partial charge on any atom is 0.241 e. The van der Waals surface area contributed by atoms with E-state index in [9.17, 15) is 9.90 Å². The Labute approximate surface area is 144 Å². The SMILES string of the molecule is NCCCCOc1nc(C(O)c2ccc(C=O)cc2)nc2cc[nH]c12. The molecular weight excluding hydrogens is 320 g/mol. The molecule has 1 atom stereocenters. The highest BCUT2D eigenvalue weighted by Gasteiger charge is 2.18. The van der Waals surface area contributed by atoms with Crippen LogP contribution in [0.15, 0.2) is 36.5 Å². The maximum absolute atomic E-state index is 10.8. The number of rotatable bonds is 8. The molecule has 2 aromatic heterocycles. The van der Waals surface area contributed by atoms with Crippen LogP contribution in [0.25, 0.3) is 11.0 Å². The number of H-pyrrole nitrogens is 1. The first-order valence-electron chi connectivity index (χ1n) is 8.14. The third kappa shape index (κ3) is 3.84. The van der Waals surface area contributed by atoms with Gasteiger partial charge in [-0.25, -0.2) is 4.98 Å². The van der Waals surface area contributed by atoms with Gasteiger partial charge in [0.1, 0.15) is 17.9 Å². The van der Waals surface area contributed by atoms with Gasteiger partial charge >= 0.3 is 0 Å². The van der Waals surface area contributed by atoms with Crippen LogP contribution in [0.2, 0.25) is 0 Å². The summed E-state index contributed by atoms with van der Waals surface area (Å²) in [6.45, 7) is 1.11. The summed E-state index contributed by atoms with van der Waals surface area (Å²) in [6.07, 6.45) is 3.20. The van der Waals surface area contributed by atoms with Gasteiger partial charge in [-0.2, -0.15) is 4.98 Å². The number of aromatic amines is 1. The summed E-state index contributed by atoms with van der Waals surface area (Å²) >= 11 is 0. The van der Waals surface area contributed by atoms with Gasteiger partial charge in [0.2, 0.25) is 5.88 Å². The van der Waals surface area contributed by atoms with Crippen LogP contribution in [0.3, 0.4) is 0 Å². The number of nitrogens with one attached hydrogen (secondary N) is 1. The molecule has 1 aromatic carbocycles. The van der Waals surface area contributed by atoms with E-state index >= 15 is 0 Å². The molecule has 0 fully saturated rings. The molecule has 4 N–H and O–H groups in total. The van der Waals surface area contributed by atoms with Crippen molar-refractivity contribution in [3.8, 4) is 5.88 Å². The maximum atomic E-state index is 10.8. The second-order valence-electron chi connectivity index (χ2n) is 5.66. The smallest absolute Gasteiger partial charge is 0.241 e. The highest BCUT2D eigenvalue weighted by molar-refractivity contribution is 5.79. The number of hydrogen-bond donors (Lipinski definition) is 3. The quantitative estimate of drug-likeness (QED) is 0.427. The molecule has 0 aliphatic carbocycles. The Hall–Kier alpha value is -2.77. The summed E-state index contributed by atoms with van der Waals surface area (Å²) in [6, 6.07) is 8.45. The number of aliphatic hydroxyl groups is 1. The first-order chi connectivity index (χ1) is 12.2. The highest BCUT2D eigenvalue weighted by atomic mass is 16.5. The minimum absolute atomic E-state index is 0.250. The Morgan fingerprint density at radius 3 is 2.72 bits per heavy atom. The van der Waals surface area contributed by atoms with E-state index < -0.39 is 6.10 Å². The van der Waals surface area contributed by atoms with Crippen LogP contribution in [0, 0.1) is 0 Å². The van der Waals surface area contributed by atoms with Gasteiger partial charge < -0.3 is 20.6 Å². The summed E-state index contributed by atoms with van der Waals surface area (Å²) in [5, 5.41) is 10.6. The van der Waals surface area contributed by atoms with Gasteiger partial charge in [0, 0.05) is 11.8 Å². The molecule has 0 saturated heterocycles. The molecule has 7 heteroatoms. The number of carbonyl (C=O) groups is 1. The number of fused-ring (bicyclic) bond motifs is 1. The molecule has 7 nitrogen and oxygen atoms in total. The predicted octanol–water partition coefficient (Wildman–Crippen LogP) is 1.97. The number of aromatic nitrogens is 3. The Bertz CT molecular complexity index is 845. The average Bonchev–Trinajstić information content (AvgIpc) is 3.13. The normalized spacial score (nSPS) is 12.2. The molecule has 0 saturated carbocycles. The highest BCUT2D eigenvalue weighted by Crippen LogP contribution is 2.26. The lowest BCUT2D eigenvalue weighted by Gasteiger charge is -2.12. The number of ether oxygens (including phenoxy) is 1. The molecule has 1 unspecified atom stereocenters. The summed E-state index contributed by atoms with van der Waals surface area (Å²) in [5.41, 5.74) is 8.00. The fraction of sp³-hybridized carbons (Fsp3) is 0.278. The van der Waals surface area contributed by atoms with E-state index in [1.165, 1.54) is 0 Å². The molecule has 0 bridgehead atoms. The van der Waals surface area contributed by atoms with Gasteiger partial charge in [-0.3, -0.25) is 4.79 Å². The zero-order valence-corrected chi connectivity index (χ0v) is 13.7. The molecule has 0 aliphatic rings. The number of benzene rings is 1. The van der Waals surface area contributed by atoms with E-state index in [1.807, 2.05) is 0 Å². The molecular formula is C18H20N4O3. The lowest BCUT2D eigenvalue weighted by atomic mass is 10.1. The first-order valence-corrected chi connectivity index (χ1v) is 8.14. The minimum atomic E-state index is -1.01. The van der Waals surface area contributed by atoms with Gasteiger partial charge in [-0.1, -0.05) is 24.3 Å². The molecule has 130 valence electrons. The van der Waals surface area contributed by atoms with E-state index in [2.05, 4.69) is 15.0 Å². The molecule has 25 heavy (non-hydrogen) atoms. The van der Waals surface area contributed by atoms with E-state index in [1.54, 1.807) is 36.5 Å². The van der Waals surface area contributed by atoms with E-state index in [0.29, 0.717) is 41.2 Å². The van der Waals surface area contributed by atoms with Crippen molar-refractivity contribution in [1.82, 2.24) is 15.0 Å². The van der Waals surface area contributed by atoms with Gasteiger partial charge in [0.25, 0.3) is 0 Å². The van der Waals surface area contributed by atoms with Gasteiger partial charge in [0.05, 0.1) is 12.1 Å². The zero-order chi connectivity index (χ0) is 17.6. The third-order valence-corrected chi connectivity index (χ3v) is 3.86. The van der Waals surface area contributed by atoms with Crippen LogP contribution in [0.1, 0.15) is 40.7 Å². The van der Waals surface area contributed by atoms with E-state index in [4.69, 9.17) is 10.5 Å². The van der Waals surface area contributed by atoms with Crippen molar-refractivity contribution in [3.63, 3.8) is 0 Å². The van der Waals surface area contributed by atoms with Crippen molar-refractivity contribution in [3.05, 3.63) is 53.5 Å². The minimum Gasteiger partial charge on any atom is -0.476 e. The number of nitrogens with two attached hydrogens (primary N) is 1. The molecule has 2 heterocycles. The second kappa shape index (κ2) is 7.87. The number of unbranched alkanes of at least 4 members (excludes halogenated alkanes) is 1. The van der Waals surface area contributed by atoms with Crippen molar-refractivity contribution in [2.45, 2.75) is 18.9 Å². The van der Waals surface area contributed by atoms with Crippen LogP contribution < -0.4 is 10.5 Å². The third-order valence-electron chi connectivity index (χ3n) is 3.86. The number of nitrogens with zero attached hydrogens (tertiary/aromatic N) is 2. The average molecular weight is 340 g/mol. The molecule has 0 radical (unpaired) electrons. The topological polar surface area (TPSA) is 114 Å². The Morgan fingerprint density at radius 2 is 2.00 bits per heavy atom. The molecule has 0 spiro atoms. The van der Waals surface area contributed by atoms with Crippen molar-refractivity contribution in [2.24, 2.45) is 5.73 Å².